The van der Waals surface area contributed by atoms with Gasteiger partial charge in [-0.1, -0.05) is 6.07 Å². The van der Waals surface area contributed by atoms with E-state index in [1.165, 1.54) is 25.1 Å². The van der Waals surface area contributed by atoms with Gasteiger partial charge in [0.25, 0.3) is 0 Å². The van der Waals surface area contributed by atoms with Gasteiger partial charge in [0.05, 0.1) is 0 Å². The van der Waals surface area contributed by atoms with Crippen LogP contribution in [-0.4, -0.2) is 37.4 Å². The lowest BCUT2D eigenvalue weighted by Crippen LogP contribution is -2.36. The standard InChI is InChI=1S/C16H14O7/c1-6-9(18)5-11(20)12-13(21)14(22)16(23-15(6)12)7-2-3-8(17)10(19)4-7/h2-5,14,16-20,22H,1H3. The Morgan fingerprint density at radius 3 is 2.30 bits per heavy atom. The minimum absolute atomic E-state index is 0.0321. The van der Waals surface area contributed by atoms with Gasteiger partial charge in [-0.15, -0.1) is 0 Å². The number of aliphatic hydroxyl groups excluding tert-OH is 1. The molecule has 2 aromatic carbocycles. The molecular weight excluding hydrogens is 304 g/mol. The molecule has 2 aromatic rings. The van der Waals surface area contributed by atoms with Crippen molar-refractivity contribution in [3.63, 3.8) is 0 Å². The highest BCUT2D eigenvalue weighted by molar-refractivity contribution is 6.06. The number of Topliss-reactive ketones (excluding diaryl/α,β-unsaturated/α-hetero) is 1. The zero-order valence-electron chi connectivity index (χ0n) is 12.0. The molecule has 0 radical (unpaired) electrons. The van der Waals surface area contributed by atoms with Crippen LogP contribution in [0.4, 0.5) is 0 Å². The highest BCUT2D eigenvalue weighted by atomic mass is 16.5. The first kappa shape index (κ1) is 15.0. The molecule has 0 saturated carbocycles. The summed E-state index contributed by atoms with van der Waals surface area (Å²) in [4.78, 5) is 12.4. The average molecular weight is 318 g/mol. The van der Waals surface area contributed by atoms with Gasteiger partial charge in [0.15, 0.2) is 23.7 Å². The molecule has 7 nitrogen and oxygen atoms in total. The van der Waals surface area contributed by atoms with Crippen LogP contribution in [0, 0.1) is 6.92 Å². The summed E-state index contributed by atoms with van der Waals surface area (Å²) >= 11 is 0. The summed E-state index contributed by atoms with van der Waals surface area (Å²) in [6.45, 7) is 1.50. The molecule has 0 amide bonds. The Morgan fingerprint density at radius 2 is 1.65 bits per heavy atom. The number of carbonyl (C=O) groups excluding carboxylic acids is 1. The van der Waals surface area contributed by atoms with Crippen molar-refractivity contribution >= 4 is 5.78 Å². The van der Waals surface area contributed by atoms with E-state index >= 15 is 0 Å². The number of ether oxygens (including phenoxy) is 1. The van der Waals surface area contributed by atoms with Gasteiger partial charge >= 0.3 is 0 Å². The Bertz CT molecular complexity index is 813. The molecular formula is C16H14O7. The number of aromatic hydroxyl groups is 4. The number of phenols is 4. The van der Waals surface area contributed by atoms with Crippen molar-refractivity contribution in [1.29, 1.82) is 0 Å². The fraction of sp³-hybridized carbons (Fsp3) is 0.188. The number of carbonyl (C=O) groups is 1. The predicted molar refractivity (Wildman–Crippen MR) is 78.0 cm³/mol. The van der Waals surface area contributed by atoms with Gasteiger partial charge < -0.3 is 30.3 Å². The van der Waals surface area contributed by atoms with E-state index in [1.54, 1.807) is 0 Å². The Kier molecular flexibility index (Phi) is 3.30. The highest BCUT2D eigenvalue weighted by Gasteiger charge is 2.40. The van der Waals surface area contributed by atoms with E-state index in [1.807, 2.05) is 0 Å². The second-order valence-corrected chi connectivity index (χ2v) is 5.34. The van der Waals surface area contributed by atoms with Gasteiger partial charge in [-0.05, 0) is 24.6 Å². The maximum atomic E-state index is 12.4. The molecule has 1 heterocycles. The van der Waals surface area contributed by atoms with E-state index in [0.717, 1.165) is 6.07 Å². The van der Waals surface area contributed by atoms with Crippen LogP contribution < -0.4 is 4.74 Å². The van der Waals surface area contributed by atoms with Crippen LogP contribution in [0.1, 0.15) is 27.6 Å². The summed E-state index contributed by atoms with van der Waals surface area (Å²) in [5.74, 6) is -2.30. The van der Waals surface area contributed by atoms with E-state index in [-0.39, 0.29) is 33.9 Å². The van der Waals surface area contributed by atoms with Crippen LogP contribution in [0.25, 0.3) is 0 Å². The van der Waals surface area contributed by atoms with Gasteiger partial charge in [0.2, 0.25) is 5.78 Å². The molecule has 0 aromatic heterocycles. The summed E-state index contributed by atoms with van der Waals surface area (Å²) < 4.78 is 5.60. The number of hydrogen-bond donors (Lipinski definition) is 5. The molecule has 1 aliphatic heterocycles. The number of fused-ring (bicyclic) bond motifs is 1. The van der Waals surface area contributed by atoms with Crippen LogP contribution in [0.2, 0.25) is 0 Å². The summed E-state index contributed by atoms with van der Waals surface area (Å²) in [6.07, 6.45) is -2.76. The molecule has 0 fully saturated rings. The molecule has 7 heteroatoms. The molecule has 5 N–H and O–H groups in total. The monoisotopic (exact) mass is 318 g/mol. The Balaban J connectivity index is 2.14. The maximum Gasteiger partial charge on any atom is 0.202 e. The molecule has 0 aliphatic carbocycles. The van der Waals surface area contributed by atoms with E-state index in [2.05, 4.69) is 0 Å². The largest absolute Gasteiger partial charge is 0.507 e. The summed E-state index contributed by atoms with van der Waals surface area (Å²) in [6, 6.07) is 4.76. The van der Waals surface area contributed by atoms with E-state index in [0.29, 0.717) is 0 Å². The van der Waals surface area contributed by atoms with Crippen molar-refractivity contribution < 1.29 is 35.1 Å². The minimum Gasteiger partial charge on any atom is -0.507 e. The predicted octanol–water partition coefficient (Wildman–Crippen LogP) is 1.49. The average Bonchev–Trinajstić information content (AvgIpc) is 2.50. The lowest BCUT2D eigenvalue weighted by molar-refractivity contribution is 0.0206. The fourth-order valence-corrected chi connectivity index (χ4v) is 2.56. The molecule has 3 rings (SSSR count). The number of rotatable bonds is 1. The Hall–Kier alpha value is -2.93. The van der Waals surface area contributed by atoms with E-state index in [9.17, 15) is 30.3 Å². The third-order valence-electron chi connectivity index (χ3n) is 3.86. The SMILES string of the molecule is Cc1c(O)cc(O)c2c1OC(c1ccc(O)c(O)c1)C(O)C2=O. The van der Waals surface area contributed by atoms with Gasteiger partial charge in [-0.25, -0.2) is 0 Å². The number of aliphatic hydroxyl groups is 1. The van der Waals surface area contributed by atoms with Crippen molar-refractivity contribution in [2.24, 2.45) is 0 Å². The maximum absolute atomic E-state index is 12.4. The first-order valence-electron chi connectivity index (χ1n) is 6.77. The topological polar surface area (TPSA) is 127 Å². The molecule has 23 heavy (non-hydrogen) atoms. The van der Waals surface area contributed by atoms with Crippen molar-refractivity contribution in [1.82, 2.24) is 0 Å². The van der Waals surface area contributed by atoms with Crippen LogP contribution >= 0.6 is 0 Å². The number of ketones is 1. The van der Waals surface area contributed by atoms with Gasteiger partial charge in [-0.3, -0.25) is 4.79 Å². The fourth-order valence-electron chi connectivity index (χ4n) is 2.56. The smallest absolute Gasteiger partial charge is 0.202 e. The number of hydrogen-bond acceptors (Lipinski definition) is 7. The minimum atomic E-state index is -1.61. The van der Waals surface area contributed by atoms with E-state index < -0.39 is 29.5 Å². The van der Waals surface area contributed by atoms with E-state index in [4.69, 9.17) is 4.74 Å². The van der Waals surface area contributed by atoms with Crippen LogP contribution in [0.3, 0.4) is 0 Å². The van der Waals surface area contributed by atoms with Crippen molar-refractivity contribution in [2.45, 2.75) is 19.1 Å². The second-order valence-electron chi connectivity index (χ2n) is 5.34. The third kappa shape index (κ3) is 2.22. The molecule has 2 atom stereocenters. The molecule has 120 valence electrons. The van der Waals surface area contributed by atoms with Gasteiger partial charge in [-0.2, -0.15) is 0 Å². The molecule has 1 aliphatic rings. The Labute approximate surface area is 130 Å². The lowest BCUT2D eigenvalue weighted by Gasteiger charge is -2.31. The first-order valence-corrected chi connectivity index (χ1v) is 6.77. The van der Waals surface area contributed by atoms with Crippen molar-refractivity contribution in [3.8, 4) is 28.7 Å². The summed E-state index contributed by atoms with van der Waals surface area (Å²) in [5, 5.41) is 48.7. The summed E-state index contributed by atoms with van der Waals surface area (Å²) in [7, 11) is 0. The van der Waals surface area contributed by atoms with Crippen LogP contribution in [-0.2, 0) is 0 Å². The molecule has 0 spiro atoms. The lowest BCUT2D eigenvalue weighted by atomic mass is 9.91. The normalized spacial score (nSPS) is 20.0. The highest BCUT2D eigenvalue weighted by Crippen LogP contribution is 2.45. The van der Waals surface area contributed by atoms with Gasteiger partial charge in [0, 0.05) is 11.6 Å². The summed E-state index contributed by atoms with van der Waals surface area (Å²) in [5.41, 5.74) is 0.298. The van der Waals surface area contributed by atoms with Crippen LogP contribution in [0.15, 0.2) is 24.3 Å². The second kappa shape index (κ2) is 5.06. The van der Waals surface area contributed by atoms with Crippen molar-refractivity contribution in [2.75, 3.05) is 0 Å². The molecule has 0 saturated heterocycles. The zero-order chi connectivity index (χ0) is 16.9. The quantitative estimate of drug-likeness (QED) is 0.504. The Morgan fingerprint density at radius 1 is 0.957 bits per heavy atom. The zero-order valence-corrected chi connectivity index (χ0v) is 12.0. The van der Waals surface area contributed by atoms with Gasteiger partial charge in [0.1, 0.15) is 22.8 Å². The number of phenolic OH excluding ortho intramolecular Hbond substituents is 4. The third-order valence-corrected chi connectivity index (χ3v) is 3.86. The molecule has 0 bridgehead atoms. The van der Waals surface area contributed by atoms with Crippen molar-refractivity contribution in [3.05, 3.63) is 41.0 Å². The first-order chi connectivity index (χ1) is 10.8. The van der Waals surface area contributed by atoms with Crippen LogP contribution in [0.5, 0.6) is 28.7 Å². The molecule has 2 unspecified atom stereocenters. The number of benzene rings is 2.